The number of carbonyl (C=O) groups excluding carboxylic acids is 1. The van der Waals surface area contributed by atoms with Crippen molar-refractivity contribution in [3.63, 3.8) is 0 Å². The molecule has 3 rings (SSSR count). The average molecular weight is 405 g/mol. The van der Waals surface area contributed by atoms with Gasteiger partial charge in [-0.3, -0.25) is 0 Å². The van der Waals surface area contributed by atoms with Gasteiger partial charge in [-0.1, -0.05) is 6.07 Å². The van der Waals surface area contributed by atoms with Gasteiger partial charge in [-0.2, -0.15) is 0 Å². The molecule has 0 spiro atoms. The lowest BCUT2D eigenvalue weighted by molar-refractivity contribution is 0.0598. The van der Waals surface area contributed by atoms with Crippen molar-refractivity contribution in [2.24, 2.45) is 11.8 Å². The number of methoxy groups -OCH3 is 1. The topological polar surface area (TPSA) is 104 Å². The second-order valence-corrected chi connectivity index (χ2v) is 8.59. The molecule has 0 saturated heterocycles. The van der Waals surface area contributed by atoms with Crippen LogP contribution in [0.2, 0.25) is 0 Å². The molecule has 1 aromatic rings. The Morgan fingerprint density at radius 1 is 0.897 bits per heavy atom. The van der Waals surface area contributed by atoms with Gasteiger partial charge in [0.2, 0.25) is 0 Å². The van der Waals surface area contributed by atoms with Gasteiger partial charge in [-0.15, -0.1) is 0 Å². The Morgan fingerprint density at radius 3 is 1.86 bits per heavy atom. The zero-order valence-corrected chi connectivity index (χ0v) is 17.1. The molecular formula is C23H32O6. The van der Waals surface area contributed by atoms with Crippen LogP contribution >= 0.6 is 0 Å². The number of hydrogen-bond donors (Lipinski definition) is 3. The van der Waals surface area contributed by atoms with Crippen LogP contribution in [0.5, 0.6) is 0 Å². The second-order valence-electron chi connectivity index (χ2n) is 8.59. The summed E-state index contributed by atoms with van der Waals surface area (Å²) in [6.45, 7) is 0.329. The van der Waals surface area contributed by atoms with Crippen molar-refractivity contribution in [3.05, 3.63) is 34.4 Å². The van der Waals surface area contributed by atoms with Gasteiger partial charge in [-0.25, -0.2) is 9.59 Å². The van der Waals surface area contributed by atoms with Crippen LogP contribution in [0.4, 0.5) is 0 Å². The van der Waals surface area contributed by atoms with Crippen molar-refractivity contribution in [2.75, 3.05) is 20.3 Å². The molecular weight excluding hydrogens is 372 g/mol. The lowest BCUT2D eigenvalue weighted by atomic mass is 9.72. The molecule has 6 heteroatoms. The molecule has 0 aromatic heterocycles. The molecule has 0 heterocycles. The molecule has 29 heavy (non-hydrogen) atoms. The molecule has 0 aliphatic heterocycles. The molecule has 160 valence electrons. The quantitative estimate of drug-likeness (QED) is 0.625. The maximum atomic E-state index is 12.5. The van der Waals surface area contributed by atoms with Crippen LogP contribution in [0.25, 0.3) is 0 Å². The fourth-order valence-corrected chi connectivity index (χ4v) is 5.22. The number of carboxylic acids is 1. The van der Waals surface area contributed by atoms with Crippen LogP contribution in [0, 0.1) is 11.8 Å². The van der Waals surface area contributed by atoms with Crippen molar-refractivity contribution >= 4 is 11.9 Å². The van der Waals surface area contributed by atoms with E-state index in [0.717, 1.165) is 56.9 Å². The first-order valence-corrected chi connectivity index (χ1v) is 10.7. The van der Waals surface area contributed by atoms with Gasteiger partial charge in [0, 0.05) is 13.2 Å². The molecule has 0 radical (unpaired) electrons. The summed E-state index contributed by atoms with van der Waals surface area (Å²) in [6, 6.07) is 3.53. The van der Waals surface area contributed by atoms with Gasteiger partial charge in [0.15, 0.2) is 0 Å². The van der Waals surface area contributed by atoms with Crippen LogP contribution in [0.15, 0.2) is 12.1 Å². The SMILES string of the molecule is COC(=O)c1ccc(C2CCC(CO)CC2)c(C(=O)O)c1C1CCC(CO)CC1. The monoisotopic (exact) mass is 404 g/mol. The zero-order valence-electron chi connectivity index (χ0n) is 17.1. The number of ether oxygens (including phenoxy) is 1. The maximum absolute atomic E-state index is 12.5. The van der Waals surface area contributed by atoms with Crippen LogP contribution in [-0.2, 0) is 4.74 Å². The van der Waals surface area contributed by atoms with E-state index in [9.17, 15) is 24.9 Å². The fraction of sp³-hybridized carbons (Fsp3) is 0.652. The molecule has 6 nitrogen and oxygen atoms in total. The van der Waals surface area contributed by atoms with Crippen LogP contribution < -0.4 is 0 Å². The minimum atomic E-state index is -0.991. The number of aromatic carboxylic acids is 1. The third-order valence-electron chi connectivity index (χ3n) is 6.95. The smallest absolute Gasteiger partial charge is 0.338 e. The van der Waals surface area contributed by atoms with Gasteiger partial charge in [-0.05, 0) is 92.2 Å². The van der Waals surface area contributed by atoms with E-state index >= 15 is 0 Å². The maximum Gasteiger partial charge on any atom is 0.338 e. The average Bonchev–Trinajstić information content (AvgIpc) is 2.77. The summed E-state index contributed by atoms with van der Waals surface area (Å²) in [5, 5.41) is 29.0. The Bertz CT molecular complexity index is 727. The third kappa shape index (κ3) is 4.64. The first-order valence-electron chi connectivity index (χ1n) is 10.7. The van der Waals surface area contributed by atoms with E-state index < -0.39 is 11.9 Å². The number of esters is 1. The molecule has 3 N–H and O–H groups in total. The standard InChI is InChI=1S/C23H32O6/c1-29-23(28)19-11-10-18(16-6-2-14(12-24)3-7-16)21(22(26)27)20(19)17-8-4-15(13-25)5-9-17/h10-11,14-17,24-25H,2-9,12-13H2,1H3,(H,26,27). The largest absolute Gasteiger partial charge is 0.478 e. The van der Waals surface area contributed by atoms with E-state index in [0.29, 0.717) is 17.0 Å². The first kappa shape index (κ1) is 21.8. The van der Waals surface area contributed by atoms with E-state index in [1.165, 1.54) is 7.11 Å². The van der Waals surface area contributed by atoms with Crippen molar-refractivity contribution in [3.8, 4) is 0 Å². The highest BCUT2D eigenvalue weighted by Gasteiger charge is 2.34. The number of aliphatic hydroxyl groups excluding tert-OH is 2. The highest BCUT2D eigenvalue weighted by Crippen LogP contribution is 2.43. The van der Waals surface area contributed by atoms with Crippen molar-refractivity contribution in [1.29, 1.82) is 0 Å². The lowest BCUT2D eigenvalue weighted by Crippen LogP contribution is -2.24. The third-order valence-corrected chi connectivity index (χ3v) is 6.95. The molecule has 2 aliphatic rings. The summed E-state index contributed by atoms with van der Waals surface area (Å²) in [7, 11) is 1.32. The van der Waals surface area contributed by atoms with Crippen LogP contribution in [-0.4, -0.2) is 47.6 Å². The van der Waals surface area contributed by atoms with E-state index in [2.05, 4.69) is 0 Å². The van der Waals surface area contributed by atoms with E-state index in [1.54, 1.807) is 12.1 Å². The number of aliphatic hydroxyl groups is 2. The van der Waals surface area contributed by atoms with Gasteiger partial charge < -0.3 is 20.1 Å². The molecule has 0 atom stereocenters. The van der Waals surface area contributed by atoms with Crippen molar-refractivity contribution in [1.82, 2.24) is 0 Å². The first-order chi connectivity index (χ1) is 14.0. The number of rotatable bonds is 6. The number of hydrogen-bond acceptors (Lipinski definition) is 5. The predicted molar refractivity (Wildman–Crippen MR) is 108 cm³/mol. The number of benzene rings is 1. The van der Waals surface area contributed by atoms with Crippen LogP contribution in [0.3, 0.4) is 0 Å². The van der Waals surface area contributed by atoms with Gasteiger partial charge in [0.05, 0.1) is 18.2 Å². The van der Waals surface area contributed by atoms with E-state index in [-0.39, 0.29) is 36.5 Å². The van der Waals surface area contributed by atoms with E-state index in [1.807, 2.05) is 0 Å². The van der Waals surface area contributed by atoms with Gasteiger partial charge >= 0.3 is 11.9 Å². The molecule has 1 aromatic carbocycles. The van der Waals surface area contributed by atoms with Crippen molar-refractivity contribution < 1.29 is 29.6 Å². The molecule has 2 aliphatic carbocycles. The summed E-state index contributed by atoms with van der Waals surface area (Å²) in [5.74, 6) is -0.841. The Kier molecular flexibility index (Phi) is 7.30. The molecule has 2 fully saturated rings. The number of carboxylic acid groups (broad SMARTS) is 1. The summed E-state index contributed by atoms with van der Waals surface area (Å²) in [5.41, 5.74) is 2.04. The van der Waals surface area contributed by atoms with E-state index in [4.69, 9.17) is 4.74 Å². The minimum absolute atomic E-state index is 0.0215. The summed E-state index contributed by atoms with van der Waals surface area (Å²) in [6.07, 6.45) is 6.64. The second kappa shape index (κ2) is 9.72. The Hall–Kier alpha value is -1.92. The molecule has 2 saturated carbocycles. The number of carbonyl (C=O) groups is 2. The Balaban J connectivity index is 2.03. The van der Waals surface area contributed by atoms with Gasteiger partial charge in [0.1, 0.15) is 0 Å². The highest BCUT2D eigenvalue weighted by molar-refractivity contribution is 5.99. The zero-order chi connectivity index (χ0) is 21.0. The summed E-state index contributed by atoms with van der Waals surface area (Å²) in [4.78, 5) is 24.9. The fourth-order valence-electron chi connectivity index (χ4n) is 5.22. The Morgan fingerprint density at radius 2 is 1.41 bits per heavy atom. The summed E-state index contributed by atoms with van der Waals surface area (Å²) >= 11 is 0. The van der Waals surface area contributed by atoms with Crippen molar-refractivity contribution in [2.45, 2.75) is 63.2 Å². The highest BCUT2D eigenvalue weighted by atomic mass is 16.5. The van der Waals surface area contributed by atoms with Gasteiger partial charge in [0.25, 0.3) is 0 Å². The van der Waals surface area contributed by atoms with Crippen LogP contribution in [0.1, 0.15) is 95.0 Å². The predicted octanol–water partition coefficient (Wildman–Crippen LogP) is 3.70. The normalized spacial score (nSPS) is 27.4. The lowest BCUT2D eigenvalue weighted by Gasteiger charge is -2.33. The molecule has 0 amide bonds. The molecule has 0 bridgehead atoms. The molecule has 0 unspecified atom stereocenters. The minimum Gasteiger partial charge on any atom is -0.478 e. The Labute approximate surface area is 171 Å². The summed E-state index contributed by atoms with van der Waals surface area (Å²) < 4.78 is 4.96.